The maximum Gasteiger partial charge on any atom is 0.160 e. The Morgan fingerprint density at radius 3 is 3.28 bits per heavy atom. The van der Waals surface area contributed by atoms with Crippen molar-refractivity contribution in [2.45, 2.75) is 37.6 Å². The van der Waals surface area contributed by atoms with Crippen LogP contribution in [0.2, 0.25) is 0 Å². The molecule has 1 aliphatic rings. The Morgan fingerprint density at radius 1 is 1.44 bits per heavy atom. The smallest absolute Gasteiger partial charge is 0.160 e. The topological polar surface area (TPSA) is 42.2 Å². The van der Waals surface area contributed by atoms with Gasteiger partial charge in [0.05, 0.1) is 6.54 Å². The van der Waals surface area contributed by atoms with Crippen LogP contribution in [0.1, 0.15) is 25.6 Å². The van der Waals surface area contributed by atoms with Crippen molar-refractivity contribution >= 4 is 17.4 Å². The summed E-state index contributed by atoms with van der Waals surface area (Å²) in [5.41, 5.74) is 0.917. The van der Waals surface area contributed by atoms with Crippen LogP contribution >= 0.6 is 11.8 Å². The number of thioether (sulfide) groups is 1. The number of pyridine rings is 1. The molecule has 18 heavy (non-hydrogen) atoms. The average molecular weight is 262 g/mol. The number of hydrogen-bond acceptors (Lipinski definition) is 4. The van der Waals surface area contributed by atoms with E-state index in [4.69, 9.17) is 0 Å². The molecule has 3 rings (SSSR count). The van der Waals surface area contributed by atoms with E-state index in [-0.39, 0.29) is 0 Å². The van der Waals surface area contributed by atoms with Crippen LogP contribution in [0.5, 0.6) is 0 Å². The van der Waals surface area contributed by atoms with E-state index in [1.54, 1.807) is 0 Å². The second-order valence-electron chi connectivity index (χ2n) is 4.75. The monoisotopic (exact) mass is 262 g/mol. The highest BCUT2D eigenvalue weighted by Gasteiger charge is 2.21. The molecule has 2 aromatic rings. The van der Waals surface area contributed by atoms with E-state index < -0.39 is 0 Å². The molecule has 5 heteroatoms. The summed E-state index contributed by atoms with van der Waals surface area (Å²) in [6.07, 6.45) is 4.60. The molecule has 0 radical (unpaired) electrons. The van der Waals surface area contributed by atoms with Gasteiger partial charge in [0.1, 0.15) is 0 Å². The molecule has 96 valence electrons. The minimum atomic E-state index is 0.597. The van der Waals surface area contributed by atoms with E-state index in [0.717, 1.165) is 18.0 Å². The standard InChI is InChI=1S/C13H18N4S/c1-10-11(5-4-8-18-10)14-9-13-16-15-12-6-2-3-7-17(12)13/h2-3,6-7,10-11,14H,4-5,8-9H2,1H3. The molecule has 1 fully saturated rings. The van der Waals surface area contributed by atoms with Gasteiger partial charge in [-0.25, -0.2) is 0 Å². The minimum Gasteiger partial charge on any atom is -0.306 e. The zero-order chi connectivity index (χ0) is 12.4. The van der Waals surface area contributed by atoms with Gasteiger partial charge in [0.15, 0.2) is 11.5 Å². The van der Waals surface area contributed by atoms with Crippen LogP contribution < -0.4 is 5.32 Å². The Morgan fingerprint density at radius 2 is 2.39 bits per heavy atom. The molecule has 1 saturated heterocycles. The number of nitrogens with zero attached hydrogens (tertiary/aromatic N) is 3. The molecule has 1 aliphatic heterocycles. The Bertz CT molecular complexity index is 524. The van der Waals surface area contributed by atoms with Crippen molar-refractivity contribution in [3.8, 4) is 0 Å². The van der Waals surface area contributed by atoms with Crippen molar-refractivity contribution in [2.24, 2.45) is 0 Å². The second-order valence-corrected chi connectivity index (χ2v) is 6.24. The molecule has 3 heterocycles. The fourth-order valence-electron chi connectivity index (χ4n) is 2.43. The summed E-state index contributed by atoms with van der Waals surface area (Å²) in [5, 5.41) is 12.7. The van der Waals surface area contributed by atoms with Crippen LogP contribution in [0, 0.1) is 0 Å². The molecule has 0 amide bonds. The highest BCUT2D eigenvalue weighted by Crippen LogP contribution is 2.25. The summed E-state index contributed by atoms with van der Waals surface area (Å²) in [6, 6.07) is 6.58. The van der Waals surface area contributed by atoms with E-state index >= 15 is 0 Å². The minimum absolute atomic E-state index is 0.597. The van der Waals surface area contributed by atoms with E-state index in [2.05, 4.69) is 34.2 Å². The summed E-state index contributed by atoms with van der Waals surface area (Å²) in [5.74, 6) is 2.29. The molecule has 0 saturated carbocycles. The summed E-state index contributed by atoms with van der Waals surface area (Å²) in [6.45, 7) is 3.10. The molecule has 0 aromatic carbocycles. The molecule has 4 nitrogen and oxygen atoms in total. The van der Waals surface area contributed by atoms with Crippen LogP contribution in [0.25, 0.3) is 5.65 Å². The van der Waals surface area contributed by atoms with Gasteiger partial charge in [-0.2, -0.15) is 11.8 Å². The number of aromatic nitrogens is 3. The van der Waals surface area contributed by atoms with Gasteiger partial charge in [-0.15, -0.1) is 10.2 Å². The van der Waals surface area contributed by atoms with Crippen LogP contribution in [0.15, 0.2) is 24.4 Å². The van der Waals surface area contributed by atoms with E-state index in [0.29, 0.717) is 11.3 Å². The Balaban J connectivity index is 1.69. The quantitative estimate of drug-likeness (QED) is 0.920. The highest BCUT2D eigenvalue weighted by atomic mass is 32.2. The first-order valence-corrected chi connectivity index (χ1v) is 7.53. The summed E-state index contributed by atoms with van der Waals surface area (Å²) in [4.78, 5) is 0. The number of hydrogen-bond donors (Lipinski definition) is 1. The van der Waals surface area contributed by atoms with Crippen LogP contribution in [0.3, 0.4) is 0 Å². The lowest BCUT2D eigenvalue weighted by Gasteiger charge is -2.28. The van der Waals surface area contributed by atoms with Crippen LogP contribution in [0.4, 0.5) is 0 Å². The molecule has 0 bridgehead atoms. The molecule has 2 aromatic heterocycles. The third-order valence-corrected chi connectivity index (χ3v) is 4.89. The molecular weight excluding hydrogens is 244 g/mol. The van der Waals surface area contributed by atoms with E-state index in [1.165, 1.54) is 18.6 Å². The first-order valence-electron chi connectivity index (χ1n) is 6.48. The lowest BCUT2D eigenvalue weighted by Crippen LogP contribution is -2.39. The van der Waals surface area contributed by atoms with Crippen molar-refractivity contribution in [1.29, 1.82) is 0 Å². The Hall–Kier alpha value is -1.07. The van der Waals surface area contributed by atoms with Gasteiger partial charge >= 0.3 is 0 Å². The summed E-state index contributed by atoms with van der Waals surface area (Å²) < 4.78 is 2.05. The number of rotatable bonds is 3. The van der Waals surface area contributed by atoms with E-state index in [1.807, 2.05) is 28.8 Å². The SMILES string of the molecule is CC1SCCCC1NCc1nnc2ccccn12. The maximum atomic E-state index is 4.25. The van der Waals surface area contributed by atoms with Crippen LogP contribution in [-0.2, 0) is 6.54 Å². The predicted molar refractivity (Wildman–Crippen MR) is 74.8 cm³/mol. The zero-order valence-electron chi connectivity index (χ0n) is 10.5. The van der Waals surface area contributed by atoms with Gasteiger partial charge in [-0.05, 0) is 30.7 Å². The summed E-state index contributed by atoms with van der Waals surface area (Å²) in [7, 11) is 0. The van der Waals surface area contributed by atoms with Crippen molar-refractivity contribution in [3.63, 3.8) is 0 Å². The molecule has 0 aliphatic carbocycles. The fraction of sp³-hybridized carbons (Fsp3) is 0.538. The lowest BCUT2D eigenvalue weighted by atomic mass is 10.1. The van der Waals surface area contributed by atoms with Crippen molar-refractivity contribution in [2.75, 3.05) is 5.75 Å². The van der Waals surface area contributed by atoms with Gasteiger partial charge in [0.2, 0.25) is 0 Å². The maximum absolute atomic E-state index is 4.25. The van der Waals surface area contributed by atoms with Crippen molar-refractivity contribution < 1.29 is 0 Å². The highest BCUT2D eigenvalue weighted by molar-refractivity contribution is 7.99. The van der Waals surface area contributed by atoms with Gasteiger partial charge in [-0.3, -0.25) is 4.40 Å². The third-order valence-electron chi connectivity index (χ3n) is 3.51. The first-order chi connectivity index (χ1) is 8.84. The van der Waals surface area contributed by atoms with Crippen molar-refractivity contribution in [3.05, 3.63) is 30.2 Å². The Kier molecular flexibility index (Phi) is 3.52. The lowest BCUT2D eigenvalue weighted by molar-refractivity contribution is 0.454. The van der Waals surface area contributed by atoms with Gasteiger partial charge in [0.25, 0.3) is 0 Å². The van der Waals surface area contributed by atoms with Gasteiger partial charge in [0, 0.05) is 17.5 Å². The van der Waals surface area contributed by atoms with Crippen LogP contribution in [-0.4, -0.2) is 31.6 Å². The molecule has 1 N–H and O–H groups in total. The van der Waals surface area contributed by atoms with E-state index in [9.17, 15) is 0 Å². The van der Waals surface area contributed by atoms with Crippen molar-refractivity contribution in [1.82, 2.24) is 19.9 Å². The largest absolute Gasteiger partial charge is 0.306 e. The molecule has 2 atom stereocenters. The first kappa shape index (κ1) is 12.0. The average Bonchev–Trinajstić information content (AvgIpc) is 2.81. The number of nitrogens with one attached hydrogen (secondary N) is 1. The number of fused-ring (bicyclic) bond motifs is 1. The molecular formula is C13H18N4S. The van der Waals surface area contributed by atoms with Gasteiger partial charge in [-0.1, -0.05) is 13.0 Å². The fourth-order valence-corrected chi connectivity index (χ4v) is 3.59. The predicted octanol–water partition coefficient (Wildman–Crippen LogP) is 2.10. The molecule has 2 unspecified atom stereocenters. The van der Waals surface area contributed by atoms with Gasteiger partial charge < -0.3 is 5.32 Å². The second kappa shape index (κ2) is 5.28. The normalized spacial score (nSPS) is 24.5. The zero-order valence-corrected chi connectivity index (χ0v) is 11.4. The Labute approximate surface area is 111 Å². The molecule has 0 spiro atoms. The third kappa shape index (κ3) is 2.37. The summed E-state index contributed by atoms with van der Waals surface area (Å²) >= 11 is 2.06.